The number of piperidine rings is 1. The van der Waals surface area contributed by atoms with Crippen molar-refractivity contribution in [3.8, 4) is 10.6 Å². The van der Waals surface area contributed by atoms with E-state index in [0.29, 0.717) is 18.8 Å². The van der Waals surface area contributed by atoms with Crippen molar-refractivity contribution in [3.05, 3.63) is 35.5 Å². The number of carbonyl (C=O) groups is 1. The topological polar surface area (TPSA) is 83.0 Å². The number of aryl methyl sites for hydroxylation is 1. The molecule has 0 bridgehead atoms. The molecule has 1 aromatic carbocycles. The van der Waals surface area contributed by atoms with Gasteiger partial charge in [0.25, 0.3) is 0 Å². The molecule has 9 heteroatoms. The number of hydrogen-bond acceptors (Lipinski definition) is 6. The van der Waals surface area contributed by atoms with Crippen molar-refractivity contribution in [2.24, 2.45) is 0 Å². The maximum Gasteiger partial charge on any atom is 0.323 e. The second-order valence-electron chi connectivity index (χ2n) is 6.83. The van der Waals surface area contributed by atoms with Crippen LogP contribution < -0.4 is 10.6 Å². The van der Waals surface area contributed by atoms with Crippen LogP contribution in [0.15, 0.2) is 30.5 Å². The van der Waals surface area contributed by atoms with Crippen molar-refractivity contribution in [1.82, 2.24) is 25.4 Å². The van der Waals surface area contributed by atoms with Gasteiger partial charge in [-0.25, -0.2) is 14.2 Å². The third-order valence-electron chi connectivity index (χ3n) is 4.93. The van der Waals surface area contributed by atoms with Gasteiger partial charge in [0.2, 0.25) is 0 Å². The predicted molar refractivity (Wildman–Crippen MR) is 108 cm³/mol. The molecule has 1 fully saturated rings. The maximum atomic E-state index is 14.1. The third-order valence-corrected chi connectivity index (χ3v) is 5.82. The first-order valence-corrected chi connectivity index (χ1v) is 9.92. The Balaban J connectivity index is 1.51. The minimum absolute atomic E-state index is 0.0749. The smallest absolute Gasteiger partial charge is 0.321 e. The van der Waals surface area contributed by atoms with E-state index in [2.05, 4.69) is 25.8 Å². The van der Waals surface area contributed by atoms with Crippen molar-refractivity contribution in [1.29, 1.82) is 0 Å². The first-order valence-electron chi connectivity index (χ1n) is 9.11. The minimum Gasteiger partial charge on any atom is -0.321 e. The fourth-order valence-electron chi connectivity index (χ4n) is 3.36. The van der Waals surface area contributed by atoms with E-state index in [0.717, 1.165) is 26.4 Å². The Hall–Kier alpha value is -2.65. The van der Waals surface area contributed by atoms with Gasteiger partial charge in [0.1, 0.15) is 22.0 Å². The quantitative estimate of drug-likeness (QED) is 0.705. The van der Waals surface area contributed by atoms with Crippen molar-refractivity contribution in [2.45, 2.75) is 25.6 Å². The summed E-state index contributed by atoms with van der Waals surface area (Å²) < 4.78 is 14.1. The predicted octanol–water partition coefficient (Wildman–Crippen LogP) is 3.23. The number of urea groups is 1. The summed E-state index contributed by atoms with van der Waals surface area (Å²) in [7, 11) is 1.74. The zero-order valence-corrected chi connectivity index (χ0v) is 16.5. The summed E-state index contributed by atoms with van der Waals surface area (Å²) >= 11 is 1.53. The van der Waals surface area contributed by atoms with Gasteiger partial charge in [-0.3, -0.25) is 5.32 Å². The normalized spacial score (nSPS) is 19.8. The molecule has 0 radical (unpaired) electrons. The number of benzene rings is 1. The second kappa shape index (κ2) is 7.76. The lowest BCUT2D eigenvalue weighted by atomic mass is 10.0. The van der Waals surface area contributed by atoms with E-state index in [1.54, 1.807) is 13.2 Å². The number of hydrogen-bond donors (Lipinski definition) is 2. The molecule has 0 spiro atoms. The first-order chi connectivity index (χ1) is 13.5. The molecule has 2 amide bonds. The van der Waals surface area contributed by atoms with Crippen LogP contribution in [-0.4, -0.2) is 58.5 Å². The van der Waals surface area contributed by atoms with Gasteiger partial charge in [-0.15, -0.1) is 10.2 Å². The van der Waals surface area contributed by atoms with Gasteiger partial charge >= 0.3 is 6.03 Å². The number of nitrogens with zero attached hydrogens (tertiary/aromatic N) is 4. The van der Waals surface area contributed by atoms with Crippen LogP contribution in [0.5, 0.6) is 0 Å². The Bertz CT molecular complexity index is 1010. The SMILES string of the molecule is CN[C@@H]1CCN(C(=O)Nc2cc3cc(-c4nnc(C)s4)ccc3cn2)C[C@H]1F. The van der Waals surface area contributed by atoms with Crippen LogP contribution in [0.1, 0.15) is 11.4 Å². The van der Waals surface area contributed by atoms with E-state index in [9.17, 15) is 9.18 Å². The number of nitrogens with one attached hydrogen (secondary N) is 2. The Labute approximate surface area is 166 Å². The average molecular weight is 400 g/mol. The highest BCUT2D eigenvalue weighted by Gasteiger charge is 2.30. The van der Waals surface area contributed by atoms with Crippen LogP contribution in [-0.2, 0) is 0 Å². The highest BCUT2D eigenvalue weighted by molar-refractivity contribution is 7.14. The molecule has 7 nitrogen and oxygen atoms in total. The van der Waals surface area contributed by atoms with Gasteiger partial charge < -0.3 is 10.2 Å². The Morgan fingerprint density at radius 1 is 1.29 bits per heavy atom. The lowest BCUT2D eigenvalue weighted by Crippen LogP contribution is -2.52. The van der Waals surface area contributed by atoms with Crippen molar-refractivity contribution < 1.29 is 9.18 Å². The van der Waals surface area contributed by atoms with Gasteiger partial charge in [-0.05, 0) is 37.9 Å². The summed E-state index contributed by atoms with van der Waals surface area (Å²) in [6, 6.07) is 7.23. The monoisotopic (exact) mass is 400 g/mol. The third kappa shape index (κ3) is 3.81. The number of halogens is 1. The van der Waals surface area contributed by atoms with Gasteiger partial charge in [-0.1, -0.05) is 23.5 Å². The molecule has 4 rings (SSSR count). The molecule has 1 saturated heterocycles. The number of aromatic nitrogens is 3. The zero-order valence-electron chi connectivity index (χ0n) is 15.6. The van der Waals surface area contributed by atoms with Crippen molar-refractivity contribution in [3.63, 3.8) is 0 Å². The molecule has 0 saturated carbocycles. The fourth-order valence-corrected chi connectivity index (χ4v) is 4.05. The van der Waals surface area contributed by atoms with E-state index in [1.807, 2.05) is 31.2 Å². The number of amides is 2. The molecule has 0 aliphatic carbocycles. The van der Waals surface area contributed by atoms with Crippen molar-refractivity contribution >= 4 is 34.0 Å². The summed E-state index contributed by atoms with van der Waals surface area (Å²) in [4.78, 5) is 18.3. The van der Waals surface area contributed by atoms with Crippen LogP contribution in [0.2, 0.25) is 0 Å². The lowest BCUT2D eigenvalue weighted by molar-refractivity contribution is 0.126. The molecule has 2 atom stereocenters. The molecule has 146 valence electrons. The molecule has 1 aliphatic rings. The van der Waals surface area contributed by atoms with E-state index in [4.69, 9.17) is 0 Å². The Morgan fingerprint density at radius 3 is 2.86 bits per heavy atom. The Kier molecular flexibility index (Phi) is 5.19. The zero-order chi connectivity index (χ0) is 19.7. The van der Waals surface area contributed by atoms with Crippen LogP contribution >= 0.6 is 11.3 Å². The van der Waals surface area contributed by atoms with Gasteiger partial charge in [0.05, 0.1) is 6.54 Å². The highest BCUT2D eigenvalue weighted by atomic mass is 32.1. The molecular weight excluding hydrogens is 379 g/mol. The fraction of sp³-hybridized carbons (Fsp3) is 0.368. The molecule has 2 aromatic heterocycles. The van der Waals surface area contributed by atoms with Gasteiger partial charge in [0.15, 0.2) is 0 Å². The van der Waals surface area contributed by atoms with Crippen LogP contribution in [0.4, 0.5) is 15.0 Å². The number of anilines is 1. The maximum absolute atomic E-state index is 14.1. The molecule has 1 aliphatic heterocycles. The molecular formula is C19H21FN6OS. The number of rotatable bonds is 3. The largest absolute Gasteiger partial charge is 0.323 e. The van der Waals surface area contributed by atoms with Crippen LogP contribution in [0.3, 0.4) is 0 Å². The van der Waals surface area contributed by atoms with Gasteiger partial charge in [0, 0.05) is 29.7 Å². The molecule has 3 heterocycles. The molecule has 2 N–H and O–H groups in total. The number of fused-ring (bicyclic) bond motifs is 1. The number of pyridine rings is 1. The van der Waals surface area contributed by atoms with E-state index < -0.39 is 6.17 Å². The van der Waals surface area contributed by atoms with Gasteiger partial charge in [-0.2, -0.15) is 0 Å². The Morgan fingerprint density at radius 2 is 2.14 bits per heavy atom. The minimum atomic E-state index is -1.08. The average Bonchev–Trinajstić information content (AvgIpc) is 3.13. The number of likely N-dealkylation sites (tertiary alicyclic amines) is 1. The summed E-state index contributed by atoms with van der Waals surface area (Å²) in [5, 5.41) is 17.6. The summed E-state index contributed by atoms with van der Waals surface area (Å²) in [6.07, 6.45) is 1.22. The van der Waals surface area contributed by atoms with Crippen LogP contribution in [0.25, 0.3) is 21.3 Å². The number of alkyl halides is 1. The first kappa shape index (κ1) is 18.7. The second-order valence-corrected chi connectivity index (χ2v) is 8.02. The molecule has 3 aromatic rings. The van der Waals surface area contributed by atoms with E-state index in [-0.39, 0.29) is 18.6 Å². The summed E-state index contributed by atoms with van der Waals surface area (Å²) in [5.41, 5.74) is 0.969. The van der Waals surface area contributed by atoms with E-state index in [1.165, 1.54) is 16.2 Å². The summed E-state index contributed by atoms with van der Waals surface area (Å²) in [5.74, 6) is 0.439. The van der Waals surface area contributed by atoms with E-state index >= 15 is 0 Å². The highest BCUT2D eigenvalue weighted by Crippen LogP contribution is 2.27. The van der Waals surface area contributed by atoms with Crippen molar-refractivity contribution in [2.75, 3.05) is 25.5 Å². The standard InChI is InChI=1S/C19H21FN6OS/c1-11-24-25-18(28-11)12-3-4-13-9-22-17(8-14(13)7-12)23-19(27)26-6-5-16(21-2)15(20)10-26/h3-4,7-9,15-16,21H,5-6,10H2,1-2H3,(H,22,23,27)/t15-,16-/m1/s1. The summed E-state index contributed by atoms with van der Waals surface area (Å²) in [6.45, 7) is 2.50. The molecule has 0 unspecified atom stereocenters. The lowest BCUT2D eigenvalue weighted by Gasteiger charge is -2.34. The number of carbonyl (C=O) groups excluding carboxylic acids is 1. The molecule has 28 heavy (non-hydrogen) atoms. The van der Waals surface area contributed by atoms with Crippen LogP contribution in [0, 0.1) is 6.92 Å².